The Bertz CT molecular complexity index is 884. The second-order valence-corrected chi connectivity index (χ2v) is 6.40. The number of unbranched alkanes of at least 4 members (excludes halogenated alkanes) is 1. The summed E-state index contributed by atoms with van der Waals surface area (Å²) in [6.07, 6.45) is 2.66. The summed E-state index contributed by atoms with van der Waals surface area (Å²) in [5, 5.41) is 0. The lowest BCUT2D eigenvalue weighted by molar-refractivity contribution is 0.0793. The molecular formula is C21H24N2O3. The number of benzene rings is 2. The summed E-state index contributed by atoms with van der Waals surface area (Å²) in [7, 11) is 3.48. The smallest absolute Gasteiger partial charge is 0.253 e. The zero-order chi connectivity index (χ0) is 18.5. The Kier molecular flexibility index (Phi) is 5.56. The largest absolute Gasteiger partial charge is 0.497 e. The monoisotopic (exact) mass is 352 g/mol. The first kappa shape index (κ1) is 18.0. The van der Waals surface area contributed by atoms with Gasteiger partial charge in [-0.1, -0.05) is 25.5 Å². The maximum atomic E-state index is 12.5. The van der Waals surface area contributed by atoms with Crippen LogP contribution in [0.15, 0.2) is 46.9 Å². The molecule has 3 aromatic rings. The third-order valence-corrected chi connectivity index (χ3v) is 4.39. The molecule has 0 saturated carbocycles. The molecule has 0 radical (unpaired) electrons. The zero-order valence-electron chi connectivity index (χ0n) is 15.5. The molecule has 0 atom stereocenters. The van der Waals surface area contributed by atoms with Gasteiger partial charge in [0.1, 0.15) is 11.3 Å². The molecule has 0 saturated heterocycles. The number of oxazole rings is 1. The fraction of sp³-hybridized carbons (Fsp3) is 0.333. The fourth-order valence-corrected chi connectivity index (χ4v) is 2.82. The molecule has 2 aromatic carbocycles. The molecule has 0 spiro atoms. The van der Waals surface area contributed by atoms with Crippen LogP contribution in [0.3, 0.4) is 0 Å². The number of hydrogen-bond donors (Lipinski definition) is 0. The Hall–Kier alpha value is -2.82. The SMILES string of the molecule is CCCCN(C)C(=O)c1ccc2nc(Cc3ccc(OC)cc3)oc2c1. The van der Waals surface area contributed by atoms with E-state index < -0.39 is 0 Å². The van der Waals surface area contributed by atoms with E-state index in [9.17, 15) is 4.79 Å². The third-order valence-electron chi connectivity index (χ3n) is 4.39. The molecule has 0 aliphatic rings. The standard InChI is InChI=1S/C21H24N2O3/c1-4-5-12-23(2)21(24)16-8-11-18-19(14-16)26-20(22-18)13-15-6-9-17(25-3)10-7-15/h6-11,14H,4-5,12-13H2,1-3H3. The molecule has 1 aromatic heterocycles. The maximum absolute atomic E-state index is 12.5. The van der Waals surface area contributed by atoms with Crippen LogP contribution < -0.4 is 4.74 Å². The minimum atomic E-state index is 0.00783. The minimum absolute atomic E-state index is 0.00783. The van der Waals surface area contributed by atoms with Gasteiger partial charge in [-0.25, -0.2) is 4.98 Å². The second kappa shape index (κ2) is 8.04. The first-order chi connectivity index (χ1) is 12.6. The minimum Gasteiger partial charge on any atom is -0.497 e. The normalized spacial score (nSPS) is 10.9. The topological polar surface area (TPSA) is 55.6 Å². The van der Waals surface area contributed by atoms with Crippen molar-refractivity contribution in [3.8, 4) is 5.75 Å². The Morgan fingerprint density at radius 3 is 2.65 bits per heavy atom. The van der Waals surface area contributed by atoms with Gasteiger partial charge in [0.15, 0.2) is 11.5 Å². The molecule has 26 heavy (non-hydrogen) atoms. The lowest BCUT2D eigenvalue weighted by Gasteiger charge is -2.16. The number of aromatic nitrogens is 1. The Labute approximate surface area is 153 Å². The zero-order valence-corrected chi connectivity index (χ0v) is 15.5. The van der Waals surface area contributed by atoms with E-state index >= 15 is 0 Å². The highest BCUT2D eigenvalue weighted by atomic mass is 16.5. The Morgan fingerprint density at radius 2 is 1.96 bits per heavy atom. The van der Waals surface area contributed by atoms with Gasteiger partial charge in [0, 0.05) is 25.6 Å². The summed E-state index contributed by atoms with van der Waals surface area (Å²) in [4.78, 5) is 18.8. The molecule has 0 aliphatic carbocycles. The highest BCUT2D eigenvalue weighted by Gasteiger charge is 2.14. The van der Waals surface area contributed by atoms with Crippen molar-refractivity contribution in [1.82, 2.24) is 9.88 Å². The van der Waals surface area contributed by atoms with Crippen molar-refractivity contribution in [3.05, 3.63) is 59.5 Å². The van der Waals surface area contributed by atoms with Gasteiger partial charge in [-0.2, -0.15) is 0 Å². The molecule has 1 amide bonds. The van der Waals surface area contributed by atoms with Crippen LogP contribution in [-0.2, 0) is 6.42 Å². The second-order valence-electron chi connectivity index (χ2n) is 6.40. The van der Waals surface area contributed by atoms with Gasteiger partial charge < -0.3 is 14.1 Å². The van der Waals surface area contributed by atoms with E-state index in [0.29, 0.717) is 23.5 Å². The first-order valence-corrected chi connectivity index (χ1v) is 8.88. The van der Waals surface area contributed by atoms with E-state index in [1.165, 1.54) is 0 Å². The van der Waals surface area contributed by atoms with E-state index in [1.54, 1.807) is 18.1 Å². The van der Waals surface area contributed by atoms with E-state index in [1.807, 2.05) is 43.4 Å². The number of methoxy groups -OCH3 is 1. The van der Waals surface area contributed by atoms with Crippen molar-refractivity contribution >= 4 is 17.0 Å². The molecule has 5 heteroatoms. The van der Waals surface area contributed by atoms with Gasteiger partial charge in [0.2, 0.25) is 0 Å². The van der Waals surface area contributed by atoms with Gasteiger partial charge >= 0.3 is 0 Å². The average molecular weight is 352 g/mol. The van der Waals surface area contributed by atoms with Gasteiger partial charge in [0.05, 0.1) is 7.11 Å². The highest BCUT2D eigenvalue weighted by Crippen LogP contribution is 2.21. The van der Waals surface area contributed by atoms with Crippen molar-refractivity contribution in [1.29, 1.82) is 0 Å². The molecule has 0 unspecified atom stereocenters. The molecule has 5 nitrogen and oxygen atoms in total. The van der Waals surface area contributed by atoms with Crippen LogP contribution >= 0.6 is 0 Å². The summed E-state index contributed by atoms with van der Waals surface area (Å²) in [5.74, 6) is 1.46. The van der Waals surface area contributed by atoms with Gasteiger partial charge in [-0.3, -0.25) is 4.79 Å². The number of carbonyl (C=O) groups excluding carboxylic acids is 1. The molecule has 1 heterocycles. The fourth-order valence-electron chi connectivity index (χ4n) is 2.82. The van der Waals surface area contributed by atoms with Crippen LogP contribution in [-0.4, -0.2) is 36.5 Å². The van der Waals surface area contributed by atoms with E-state index in [-0.39, 0.29) is 5.91 Å². The highest BCUT2D eigenvalue weighted by molar-refractivity contribution is 5.96. The van der Waals surface area contributed by atoms with Gasteiger partial charge in [-0.05, 0) is 42.3 Å². The summed E-state index contributed by atoms with van der Waals surface area (Å²) >= 11 is 0. The van der Waals surface area contributed by atoms with Crippen LogP contribution in [0, 0.1) is 0 Å². The first-order valence-electron chi connectivity index (χ1n) is 8.88. The lowest BCUT2D eigenvalue weighted by Crippen LogP contribution is -2.27. The number of amides is 1. The molecule has 0 fully saturated rings. The van der Waals surface area contributed by atoms with Gasteiger partial charge in [-0.15, -0.1) is 0 Å². The van der Waals surface area contributed by atoms with E-state index in [2.05, 4.69) is 11.9 Å². The quantitative estimate of drug-likeness (QED) is 0.636. The number of rotatable bonds is 7. The van der Waals surface area contributed by atoms with E-state index in [0.717, 1.165) is 36.2 Å². The average Bonchev–Trinajstić information content (AvgIpc) is 3.07. The molecule has 136 valence electrons. The number of fused-ring (bicyclic) bond motifs is 1. The molecule has 0 N–H and O–H groups in total. The maximum Gasteiger partial charge on any atom is 0.253 e. The van der Waals surface area contributed by atoms with Gasteiger partial charge in [0.25, 0.3) is 5.91 Å². The summed E-state index contributed by atoms with van der Waals surface area (Å²) < 4.78 is 11.0. The summed E-state index contributed by atoms with van der Waals surface area (Å²) in [6, 6.07) is 13.3. The van der Waals surface area contributed by atoms with Crippen LogP contribution in [0.1, 0.15) is 41.6 Å². The molecular weight excluding hydrogens is 328 g/mol. The predicted molar refractivity (Wildman–Crippen MR) is 102 cm³/mol. The Morgan fingerprint density at radius 1 is 1.19 bits per heavy atom. The van der Waals surface area contributed by atoms with Crippen LogP contribution in [0.5, 0.6) is 5.75 Å². The predicted octanol–water partition coefficient (Wildman–Crippen LogP) is 4.30. The van der Waals surface area contributed by atoms with Crippen molar-refractivity contribution < 1.29 is 13.9 Å². The molecule has 0 bridgehead atoms. The van der Waals surface area contributed by atoms with Crippen LogP contribution in [0.4, 0.5) is 0 Å². The van der Waals surface area contributed by atoms with E-state index in [4.69, 9.17) is 9.15 Å². The van der Waals surface area contributed by atoms with Crippen molar-refractivity contribution in [2.45, 2.75) is 26.2 Å². The van der Waals surface area contributed by atoms with Crippen molar-refractivity contribution in [3.63, 3.8) is 0 Å². The Balaban J connectivity index is 1.77. The molecule has 0 aliphatic heterocycles. The van der Waals surface area contributed by atoms with Crippen molar-refractivity contribution in [2.75, 3.05) is 20.7 Å². The number of ether oxygens (including phenoxy) is 1. The van der Waals surface area contributed by atoms with Crippen molar-refractivity contribution in [2.24, 2.45) is 0 Å². The number of carbonyl (C=O) groups is 1. The third kappa shape index (κ3) is 4.04. The summed E-state index contributed by atoms with van der Waals surface area (Å²) in [5.41, 5.74) is 3.13. The number of hydrogen-bond acceptors (Lipinski definition) is 4. The van der Waals surface area contributed by atoms with Crippen LogP contribution in [0.2, 0.25) is 0 Å². The molecule has 3 rings (SSSR count). The lowest BCUT2D eigenvalue weighted by atomic mass is 10.1. The number of nitrogens with zero attached hydrogens (tertiary/aromatic N) is 2. The van der Waals surface area contributed by atoms with Crippen LogP contribution in [0.25, 0.3) is 11.1 Å². The summed E-state index contributed by atoms with van der Waals surface area (Å²) in [6.45, 7) is 2.87.